The molecule has 2 rings (SSSR count). The molecular weight excluding hydrogens is 238 g/mol. The van der Waals surface area contributed by atoms with E-state index in [4.69, 9.17) is 5.73 Å². The van der Waals surface area contributed by atoms with E-state index < -0.39 is 15.3 Å². The summed E-state index contributed by atoms with van der Waals surface area (Å²) in [6, 6.07) is 0.733. The van der Waals surface area contributed by atoms with Gasteiger partial charge < -0.3 is 5.73 Å². The molecule has 0 bridgehead atoms. The second-order valence-electron chi connectivity index (χ2n) is 4.98. The van der Waals surface area contributed by atoms with Gasteiger partial charge in [0.2, 0.25) is 10.0 Å². The lowest BCUT2D eigenvalue weighted by molar-refractivity contribution is 0.179. The lowest BCUT2D eigenvalue weighted by Crippen LogP contribution is -2.52. The monoisotopic (exact) mass is 261 g/mol. The van der Waals surface area contributed by atoms with Crippen LogP contribution in [-0.4, -0.2) is 61.6 Å². The third-order valence-electron chi connectivity index (χ3n) is 3.84. The molecule has 0 aromatic carbocycles. The standard InChI is InChI=1S/C11H23N3O2S/c1-2-11(9-12)17(15,16)14-7-5-13(6-8-14)10-3-4-10/h10-11H,2-9,12H2,1H3. The average Bonchev–Trinajstić information content (AvgIpc) is 3.14. The first-order valence-corrected chi connectivity index (χ1v) is 8.03. The molecule has 17 heavy (non-hydrogen) atoms. The molecule has 2 fully saturated rings. The topological polar surface area (TPSA) is 66.6 Å². The van der Waals surface area contributed by atoms with Crippen LogP contribution in [0, 0.1) is 0 Å². The first-order chi connectivity index (χ1) is 8.09. The summed E-state index contributed by atoms with van der Waals surface area (Å²) in [5.41, 5.74) is 5.55. The van der Waals surface area contributed by atoms with Gasteiger partial charge in [-0.2, -0.15) is 4.31 Å². The largest absolute Gasteiger partial charge is 0.329 e. The Bertz CT molecular complexity index is 342. The van der Waals surface area contributed by atoms with Crippen molar-refractivity contribution in [3.63, 3.8) is 0 Å². The van der Waals surface area contributed by atoms with E-state index in [1.807, 2.05) is 6.92 Å². The van der Waals surface area contributed by atoms with Crippen molar-refractivity contribution in [2.75, 3.05) is 32.7 Å². The molecule has 1 atom stereocenters. The summed E-state index contributed by atoms with van der Waals surface area (Å²) in [6.07, 6.45) is 3.17. The highest BCUT2D eigenvalue weighted by molar-refractivity contribution is 7.89. The molecule has 1 aliphatic heterocycles. The van der Waals surface area contributed by atoms with Crippen LogP contribution in [0.4, 0.5) is 0 Å². The van der Waals surface area contributed by atoms with Gasteiger partial charge in [0.1, 0.15) is 0 Å². The van der Waals surface area contributed by atoms with Gasteiger partial charge in [0.25, 0.3) is 0 Å². The van der Waals surface area contributed by atoms with Gasteiger partial charge in [-0.05, 0) is 19.3 Å². The SMILES string of the molecule is CCC(CN)S(=O)(=O)N1CCN(C2CC2)CC1. The number of piperazine rings is 1. The molecule has 0 amide bonds. The Morgan fingerprint density at radius 1 is 1.24 bits per heavy atom. The van der Waals surface area contributed by atoms with Gasteiger partial charge in [0, 0.05) is 38.8 Å². The van der Waals surface area contributed by atoms with Crippen molar-refractivity contribution in [2.45, 2.75) is 37.5 Å². The van der Waals surface area contributed by atoms with Gasteiger partial charge in [-0.15, -0.1) is 0 Å². The summed E-state index contributed by atoms with van der Waals surface area (Å²) in [6.45, 7) is 5.14. The van der Waals surface area contributed by atoms with Crippen LogP contribution in [0.1, 0.15) is 26.2 Å². The summed E-state index contributed by atoms with van der Waals surface area (Å²) >= 11 is 0. The van der Waals surface area contributed by atoms with Crippen LogP contribution in [-0.2, 0) is 10.0 Å². The van der Waals surface area contributed by atoms with Crippen LogP contribution in [0.15, 0.2) is 0 Å². The Morgan fingerprint density at radius 3 is 2.24 bits per heavy atom. The fourth-order valence-corrected chi connectivity index (χ4v) is 4.23. The van der Waals surface area contributed by atoms with Crippen LogP contribution in [0.5, 0.6) is 0 Å². The van der Waals surface area contributed by atoms with Crippen LogP contribution in [0.2, 0.25) is 0 Å². The molecule has 6 heteroatoms. The summed E-state index contributed by atoms with van der Waals surface area (Å²) in [5.74, 6) is 0. The highest BCUT2D eigenvalue weighted by atomic mass is 32.2. The van der Waals surface area contributed by atoms with Gasteiger partial charge in [0.05, 0.1) is 5.25 Å². The highest BCUT2D eigenvalue weighted by Crippen LogP contribution is 2.28. The molecule has 100 valence electrons. The van der Waals surface area contributed by atoms with Gasteiger partial charge in [-0.3, -0.25) is 4.90 Å². The predicted molar refractivity (Wildman–Crippen MR) is 68.2 cm³/mol. The zero-order valence-corrected chi connectivity index (χ0v) is 11.3. The number of hydrogen-bond donors (Lipinski definition) is 1. The first-order valence-electron chi connectivity index (χ1n) is 6.52. The molecule has 0 aromatic heterocycles. The van der Waals surface area contributed by atoms with E-state index >= 15 is 0 Å². The van der Waals surface area contributed by atoms with Gasteiger partial charge >= 0.3 is 0 Å². The van der Waals surface area contributed by atoms with E-state index in [9.17, 15) is 8.42 Å². The van der Waals surface area contributed by atoms with Crippen molar-refractivity contribution in [3.8, 4) is 0 Å². The Kier molecular flexibility index (Phi) is 4.07. The summed E-state index contributed by atoms with van der Waals surface area (Å²) in [5, 5.41) is -0.407. The zero-order valence-electron chi connectivity index (χ0n) is 10.5. The van der Waals surface area contributed by atoms with Crippen molar-refractivity contribution in [3.05, 3.63) is 0 Å². The summed E-state index contributed by atoms with van der Waals surface area (Å²) in [7, 11) is -3.17. The molecule has 1 aliphatic carbocycles. The maximum absolute atomic E-state index is 12.3. The Balaban J connectivity index is 1.94. The number of nitrogens with two attached hydrogens (primary N) is 1. The molecule has 1 saturated heterocycles. The van der Waals surface area contributed by atoms with E-state index in [-0.39, 0.29) is 6.54 Å². The van der Waals surface area contributed by atoms with Gasteiger partial charge in [0.15, 0.2) is 0 Å². The molecule has 0 radical (unpaired) electrons. The minimum atomic E-state index is -3.17. The summed E-state index contributed by atoms with van der Waals surface area (Å²) in [4.78, 5) is 2.41. The second kappa shape index (κ2) is 5.22. The fourth-order valence-electron chi connectivity index (χ4n) is 2.47. The van der Waals surface area contributed by atoms with E-state index in [1.165, 1.54) is 12.8 Å². The molecule has 2 N–H and O–H groups in total. The molecule has 5 nitrogen and oxygen atoms in total. The lowest BCUT2D eigenvalue weighted by atomic mass is 10.3. The van der Waals surface area contributed by atoms with Crippen molar-refractivity contribution in [2.24, 2.45) is 5.73 Å². The molecule has 1 unspecified atom stereocenters. The van der Waals surface area contributed by atoms with E-state index in [2.05, 4.69) is 4.90 Å². The molecular formula is C11H23N3O2S. The average molecular weight is 261 g/mol. The smallest absolute Gasteiger partial charge is 0.218 e. The lowest BCUT2D eigenvalue weighted by Gasteiger charge is -2.35. The fraction of sp³-hybridized carbons (Fsp3) is 1.00. The Hall–Kier alpha value is -0.170. The van der Waals surface area contributed by atoms with Crippen LogP contribution in [0.25, 0.3) is 0 Å². The molecule has 2 aliphatic rings. The van der Waals surface area contributed by atoms with Gasteiger partial charge in [-0.25, -0.2) is 8.42 Å². The first kappa shape index (κ1) is 13.3. The number of nitrogens with zero attached hydrogens (tertiary/aromatic N) is 2. The van der Waals surface area contributed by atoms with E-state index in [1.54, 1.807) is 4.31 Å². The molecule has 1 heterocycles. The highest BCUT2D eigenvalue weighted by Gasteiger charge is 2.36. The maximum Gasteiger partial charge on any atom is 0.218 e. The predicted octanol–water partition coefficient (Wildman–Crippen LogP) is -0.166. The van der Waals surface area contributed by atoms with Gasteiger partial charge in [-0.1, -0.05) is 6.92 Å². The molecule has 0 aromatic rings. The normalized spacial score (nSPS) is 26.0. The number of hydrogen-bond acceptors (Lipinski definition) is 4. The number of sulfonamides is 1. The van der Waals surface area contributed by atoms with Crippen molar-refractivity contribution in [1.82, 2.24) is 9.21 Å². The molecule has 0 spiro atoms. The zero-order chi connectivity index (χ0) is 12.5. The van der Waals surface area contributed by atoms with E-state index in [0.717, 1.165) is 19.1 Å². The minimum Gasteiger partial charge on any atom is -0.329 e. The third kappa shape index (κ3) is 2.81. The van der Waals surface area contributed by atoms with Crippen LogP contribution >= 0.6 is 0 Å². The number of rotatable bonds is 5. The second-order valence-corrected chi connectivity index (χ2v) is 7.19. The van der Waals surface area contributed by atoms with Crippen molar-refractivity contribution < 1.29 is 8.42 Å². The quantitative estimate of drug-likeness (QED) is 0.746. The van der Waals surface area contributed by atoms with Crippen molar-refractivity contribution >= 4 is 10.0 Å². The van der Waals surface area contributed by atoms with Crippen LogP contribution < -0.4 is 5.73 Å². The van der Waals surface area contributed by atoms with Crippen molar-refractivity contribution in [1.29, 1.82) is 0 Å². The Morgan fingerprint density at radius 2 is 1.82 bits per heavy atom. The minimum absolute atomic E-state index is 0.224. The van der Waals surface area contributed by atoms with Crippen LogP contribution in [0.3, 0.4) is 0 Å². The third-order valence-corrected chi connectivity index (χ3v) is 6.29. The molecule has 1 saturated carbocycles. The maximum atomic E-state index is 12.3. The Labute approximate surface area is 104 Å². The summed E-state index contributed by atoms with van der Waals surface area (Å²) < 4.78 is 26.2. The van der Waals surface area contributed by atoms with E-state index in [0.29, 0.717) is 19.5 Å².